The van der Waals surface area contributed by atoms with E-state index >= 15 is 0 Å². The summed E-state index contributed by atoms with van der Waals surface area (Å²) in [6, 6.07) is 11.8. The molecule has 1 saturated heterocycles. The molecule has 0 saturated carbocycles. The van der Waals surface area contributed by atoms with Crippen LogP contribution in [0.4, 0.5) is 0 Å². The van der Waals surface area contributed by atoms with Crippen molar-refractivity contribution in [1.82, 2.24) is 5.32 Å². The standard InChI is InChI=1S/C17H19NO4S/c1-22-16-5-4-13-8-12(2-3-14(13)9-16)10-18-17(19)15-6-7-23(20,21)11-15/h2-5,8-9,15H,6-7,10-11H2,1H3,(H,18,19)/t15-/m0/s1. The highest BCUT2D eigenvalue weighted by molar-refractivity contribution is 7.91. The van der Waals surface area contributed by atoms with Gasteiger partial charge in [0.2, 0.25) is 5.91 Å². The Labute approximate surface area is 135 Å². The van der Waals surface area contributed by atoms with Crippen LogP contribution in [-0.4, -0.2) is 32.9 Å². The van der Waals surface area contributed by atoms with E-state index < -0.39 is 15.8 Å². The zero-order valence-corrected chi connectivity index (χ0v) is 13.7. The third-order valence-corrected chi connectivity index (χ3v) is 5.95. The third kappa shape index (κ3) is 3.64. The van der Waals surface area contributed by atoms with Crippen LogP contribution in [0.1, 0.15) is 12.0 Å². The molecule has 6 heteroatoms. The molecule has 0 spiro atoms. The van der Waals surface area contributed by atoms with Crippen LogP contribution >= 0.6 is 0 Å². The van der Waals surface area contributed by atoms with Crippen LogP contribution in [0.2, 0.25) is 0 Å². The number of methoxy groups -OCH3 is 1. The van der Waals surface area contributed by atoms with Crippen LogP contribution in [0.3, 0.4) is 0 Å². The Morgan fingerprint density at radius 2 is 1.96 bits per heavy atom. The van der Waals surface area contributed by atoms with Crippen molar-refractivity contribution in [2.24, 2.45) is 5.92 Å². The van der Waals surface area contributed by atoms with Gasteiger partial charge in [0.25, 0.3) is 0 Å². The molecule has 1 fully saturated rings. The monoisotopic (exact) mass is 333 g/mol. The van der Waals surface area contributed by atoms with Crippen LogP contribution < -0.4 is 10.1 Å². The zero-order valence-electron chi connectivity index (χ0n) is 12.9. The van der Waals surface area contributed by atoms with Gasteiger partial charge in [-0.1, -0.05) is 18.2 Å². The molecule has 1 N–H and O–H groups in total. The molecule has 0 radical (unpaired) electrons. The van der Waals surface area contributed by atoms with E-state index in [4.69, 9.17) is 4.74 Å². The zero-order chi connectivity index (χ0) is 16.4. The van der Waals surface area contributed by atoms with Gasteiger partial charge in [-0.05, 0) is 41.0 Å². The van der Waals surface area contributed by atoms with Crippen molar-refractivity contribution in [2.75, 3.05) is 18.6 Å². The summed E-state index contributed by atoms with van der Waals surface area (Å²) in [5.41, 5.74) is 0.983. The molecule has 0 bridgehead atoms. The summed E-state index contributed by atoms with van der Waals surface area (Å²) in [7, 11) is -1.40. The Kier molecular flexibility index (Phi) is 4.26. The Balaban J connectivity index is 1.66. The van der Waals surface area contributed by atoms with E-state index in [9.17, 15) is 13.2 Å². The first-order chi connectivity index (χ1) is 11.0. The fraction of sp³-hybridized carbons (Fsp3) is 0.353. The van der Waals surface area contributed by atoms with E-state index in [2.05, 4.69) is 5.32 Å². The molecular weight excluding hydrogens is 314 g/mol. The maximum atomic E-state index is 12.1. The van der Waals surface area contributed by atoms with E-state index in [-0.39, 0.29) is 17.4 Å². The molecule has 2 aromatic carbocycles. The highest BCUT2D eigenvalue weighted by atomic mass is 32.2. The number of sulfone groups is 1. The molecular formula is C17H19NO4S. The van der Waals surface area contributed by atoms with Gasteiger partial charge in [0.15, 0.2) is 9.84 Å². The Morgan fingerprint density at radius 3 is 2.65 bits per heavy atom. The molecule has 0 aromatic heterocycles. The number of nitrogens with one attached hydrogen (secondary N) is 1. The average Bonchev–Trinajstić information content (AvgIpc) is 2.92. The normalized spacial score (nSPS) is 19.6. The van der Waals surface area contributed by atoms with Crippen LogP contribution in [0.15, 0.2) is 36.4 Å². The first-order valence-electron chi connectivity index (χ1n) is 7.52. The molecule has 23 heavy (non-hydrogen) atoms. The fourth-order valence-electron chi connectivity index (χ4n) is 2.85. The van der Waals surface area contributed by atoms with Gasteiger partial charge in [0, 0.05) is 6.54 Å². The number of carbonyl (C=O) groups is 1. The number of fused-ring (bicyclic) bond motifs is 1. The highest BCUT2D eigenvalue weighted by Gasteiger charge is 2.32. The van der Waals surface area contributed by atoms with Gasteiger partial charge in [0.05, 0.1) is 24.5 Å². The molecule has 2 aromatic rings. The number of rotatable bonds is 4. The van der Waals surface area contributed by atoms with Crippen molar-refractivity contribution < 1.29 is 17.9 Å². The topological polar surface area (TPSA) is 72.5 Å². The molecule has 1 aliphatic heterocycles. The summed E-state index contributed by atoms with van der Waals surface area (Å²) in [6.45, 7) is 0.400. The lowest BCUT2D eigenvalue weighted by atomic mass is 10.1. The van der Waals surface area contributed by atoms with Crippen molar-refractivity contribution in [2.45, 2.75) is 13.0 Å². The number of hydrogen-bond acceptors (Lipinski definition) is 4. The van der Waals surface area contributed by atoms with Crippen molar-refractivity contribution in [3.8, 4) is 5.75 Å². The van der Waals surface area contributed by atoms with Gasteiger partial charge < -0.3 is 10.1 Å². The quantitative estimate of drug-likeness (QED) is 0.927. The second-order valence-corrected chi connectivity index (χ2v) is 8.09. The number of ether oxygens (including phenoxy) is 1. The maximum Gasteiger partial charge on any atom is 0.224 e. The number of amides is 1. The number of carbonyl (C=O) groups excluding carboxylic acids is 1. The van der Waals surface area contributed by atoms with Crippen LogP contribution in [-0.2, 0) is 21.2 Å². The molecule has 3 rings (SSSR count). The first-order valence-corrected chi connectivity index (χ1v) is 9.34. The molecule has 0 unspecified atom stereocenters. The van der Waals surface area contributed by atoms with Crippen molar-refractivity contribution >= 4 is 26.5 Å². The van der Waals surface area contributed by atoms with Crippen molar-refractivity contribution in [3.63, 3.8) is 0 Å². The molecule has 1 aliphatic rings. The molecule has 1 amide bonds. The summed E-state index contributed by atoms with van der Waals surface area (Å²) < 4.78 is 28.1. The fourth-order valence-corrected chi connectivity index (χ4v) is 4.59. The Hall–Kier alpha value is -2.08. The predicted octanol–water partition coefficient (Wildman–Crippen LogP) is 1.90. The van der Waals surface area contributed by atoms with E-state index in [1.54, 1.807) is 7.11 Å². The van der Waals surface area contributed by atoms with Gasteiger partial charge in [-0.15, -0.1) is 0 Å². The smallest absolute Gasteiger partial charge is 0.224 e. The minimum Gasteiger partial charge on any atom is -0.497 e. The first kappa shape index (κ1) is 15.8. The lowest BCUT2D eigenvalue weighted by molar-refractivity contribution is -0.124. The Morgan fingerprint density at radius 1 is 1.22 bits per heavy atom. The van der Waals surface area contributed by atoms with E-state index in [1.807, 2.05) is 36.4 Å². The SMILES string of the molecule is COc1ccc2cc(CNC(=O)[C@H]3CCS(=O)(=O)C3)ccc2c1. The summed E-state index contributed by atoms with van der Waals surface area (Å²) >= 11 is 0. The van der Waals surface area contributed by atoms with Crippen molar-refractivity contribution in [1.29, 1.82) is 0 Å². The summed E-state index contributed by atoms with van der Waals surface area (Å²) in [5, 5.41) is 4.98. The van der Waals surface area contributed by atoms with E-state index in [0.717, 1.165) is 22.1 Å². The largest absolute Gasteiger partial charge is 0.497 e. The Bertz CT molecular complexity index is 845. The molecule has 122 valence electrons. The second kappa shape index (κ2) is 6.20. The second-order valence-electron chi connectivity index (χ2n) is 5.87. The van der Waals surface area contributed by atoms with Crippen LogP contribution in [0.25, 0.3) is 10.8 Å². The van der Waals surface area contributed by atoms with Gasteiger partial charge in [-0.3, -0.25) is 4.79 Å². The lowest BCUT2D eigenvalue weighted by Gasteiger charge is -2.10. The summed E-state index contributed by atoms with van der Waals surface area (Å²) in [5.74, 6) is 0.297. The minimum absolute atomic E-state index is 0.0314. The van der Waals surface area contributed by atoms with Crippen LogP contribution in [0, 0.1) is 5.92 Å². The van der Waals surface area contributed by atoms with E-state index in [1.165, 1.54) is 0 Å². The third-order valence-electron chi connectivity index (χ3n) is 4.18. The van der Waals surface area contributed by atoms with Crippen molar-refractivity contribution in [3.05, 3.63) is 42.0 Å². The molecule has 5 nitrogen and oxygen atoms in total. The van der Waals surface area contributed by atoms with E-state index in [0.29, 0.717) is 13.0 Å². The predicted molar refractivity (Wildman–Crippen MR) is 89.1 cm³/mol. The van der Waals surface area contributed by atoms with Gasteiger partial charge in [-0.2, -0.15) is 0 Å². The number of benzene rings is 2. The summed E-state index contributed by atoms with van der Waals surface area (Å²) in [6.07, 6.45) is 0.422. The number of hydrogen-bond donors (Lipinski definition) is 1. The maximum absolute atomic E-state index is 12.1. The summed E-state index contributed by atoms with van der Waals surface area (Å²) in [4.78, 5) is 12.1. The van der Waals surface area contributed by atoms with Gasteiger partial charge >= 0.3 is 0 Å². The minimum atomic E-state index is -3.03. The van der Waals surface area contributed by atoms with Gasteiger partial charge in [-0.25, -0.2) is 8.42 Å². The molecule has 1 atom stereocenters. The highest BCUT2D eigenvalue weighted by Crippen LogP contribution is 2.22. The lowest BCUT2D eigenvalue weighted by Crippen LogP contribution is -2.30. The molecule has 1 heterocycles. The average molecular weight is 333 g/mol. The van der Waals surface area contributed by atoms with Gasteiger partial charge in [0.1, 0.15) is 5.75 Å². The molecule has 0 aliphatic carbocycles. The van der Waals surface area contributed by atoms with Crippen LogP contribution in [0.5, 0.6) is 5.75 Å².